The van der Waals surface area contributed by atoms with Crippen molar-refractivity contribution < 1.29 is 34.3 Å². The zero-order valence-corrected chi connectivity index (χ0v) is 30.0. The van der Waals surface area contributed by atoms with Crippen LogP contribution in [0.3, 0.4) is 0 Å². The minimum atomic E-state index is -0.897. The highest BCUT2D eigenvalue weighted by Crippen LogP contribution is 2.53. The maximum Gasteiger partial charge on any atom is 0.0921 e. The zero-order chi connectivity index (χ0) is 34.0. The highest BCUT2D eigenvalue weighted by atomic mass is 16.6. The third-order valence-corrected chi connectivity index (χ3v) is 12.7. The molecule has 0 amide bonds. The topological polar surface area (TPSA) is 97.6 Å². The zero-order valence-electron chi connectivity index (χ0n) is 30.0. The number of hydrogen-bond donors (Lipinski definition) is 3. The van der Waals surface area contributed by atoms with Gasteiger partial charge in [-0.25, -0.2) is 0 Å². The van der Waals surface area contributed by atoms with E-state index in [2.05, 4.69) is 46.4 Å². The van der Waals surface area contributed by atoms with Gasteiger partial charge in [0.2, 0.25) is 0 Å². The molecule has 266 valence electrons. The molecule has 0 spiro atoms. The van der Waals surface area contributed by atoms with E-state index in [0.717, 1.165) is 69.8 Å². The van der Waals surface area contributed by atoms with Crippen molar-refractivity contribution in [3.63, 3.8) is 0 Å². The fourth-order valence-corrected chi connectivity index (χ4v) is 9.41. The molecule has 0 bridgehead atoms. The number of allylic oxidation sites excluding steroid dienone is 6. The molecule has 4 aliphatic heterocycles. The molecule has 5 fully saturated rings. The molecule has 0 aromatic heterocycles. The summed E-state index contributed by atoms with van der Waals surface area (Å²) in [5, 5.41) is 32.4. The quantitative estimate of drug-likeness (QED) is 0.227. The standard InChI is InChI=1S/C40H64O7/c1-8-9-10-11-15-35-38(5,43)19-16-33-34(44-35)17-20-39(6)36(45-33)24-29-23-30-22-28(4)32(14-12-13-26(2)27(3)18-21-41)46-40(30,7)25-31(42)37(29)47-39/h8-10,13,18,28-37,41-43H,1,11-12,14-17,19-25H2,2-7H3/b10-9-,26-13+,27-18+. The molecule has 7 heteroatoms. The third-order valence-electron chi connectivity index (χ3n) is 12.7. The predicted molar refractivity (Wildman–Crippen MR) is 186 cm³/mol. The fourth-order valence-electron chi connectivity index (χ4n) is 9.41. The van der Waals surface area contributed by atoms with Gasteiger partial charge >= 0.3 is 0 Å². The molecule has 47 heavy (non-hydrogen) atoms. The van der Waals surface area contributed by atoms with Gasteiger partial charge in [0.25, 0.3) is 0 Å². The molecule has 5 rings (SSSR count). The third kappa shape index (κ3) is 8.36. The van der Waals surface area contributed by atoms with Crippen LogP contribution in [0, 0.1) is 17.8 Å². The van der Waals surface area contributed by atoms with E-state index in [1.807, 2.05) is 26.0 Å². The van der Waals surface area contributed by atoms with E-state index in [1.54, 1.807) is 6.08 Å². The molecule has 13 unspecified atom stereocenters. The summed E-state index contributed by atoms with van der Waals surface area (Å²) in [5.74, 6) is 0.985. The summed E-state index contributed by atoms with van der Waals surface area (Å²) in [6.45, 7) is 16.6. The second-order valence-electron chi connectivity index (χ2n) is 16.3. The number of ether oxygens (including phenoxy) is 4. The summed E-state index contributed by atoms with van der Waals surface area (Å²) in [5.41, 5.74) is 0.530. The average molecular weight is 657 g/mol. The first-order valence-electron chi connectivity index (χ1n) is 18.6. The van der Waals surface area contributed by atoms with E-state index >= 15 is 0 Å². The molecule has 5 aliphatic rings. The lowest BCUT2D eigenvalue weighted by molar-refractivity contribution is -0.245. The first-order chi connectivity index (χ1) is 22.3. The predicted octanol–water partition coefficient (Wildman–Crippen LogP) is 7.14. The Labute approximate surface area is 284 Å². The summed E-state index contributed by atoms with van der Waals surface area (Å²) in [6, 6.07) is 0. The van der Waals surface area contributed by atoms with Crippen LogP contribution >= 0.6 is 0 Å². The van der Waals surface area contributed by atoms with Gasteiger partial charge in [-0.05, 0) is 123 Å². The summed E-state index contributed by atoms with van der Waals surface area (Å²) < 4.78 is 27.7. The van der Waals surface area contributed by atoms with Gasteiger partial charge in [0.05, 0.1) is 66.1 Å². The van der Waals surface area contributed by atoms with E-state index < -0.39 is 22.9 Å². The molecule has 13 atom stereocenters. The van der Waals surface area contributed by atoms with Crippen LogP contribution in [0.2, 0.25) is 0 Å². The molecule has 3 N–H and O–H groups in total. The van der Waals surface area contributed by atoms with Gasteiger partial charge in [0.1, 0.15) is 0 Å². The highest BCUT2D eigenvalue weighted by Gasteiger charge is 2.57. The lowest BCUT2D eigenvalue weighted by Gasteiger charge is -2.49. The van der Waals surface area contributed by atoms with E-state index in [-0.39, 0.29) is 49.1 Å². The molecule has 0 aromatic carbocycles. The number of aliphatic hydroxyl groups is 3. The molecule has 0 aromatic rings. The van der Waals surface area contributed by atoms with Gasteiger partial charge in [-0.3, -0.25) is 0 Å². The van der Waals surface area contributed by atoms with E-state index in [4.69, 9.17) is 18.9 Å². The Morgan fingerprint density at radius 3 is 2.36 bits per heavy atom. The normalized spacial score (nSPS) is 46.3. The molecule has 7 nitrogen and oxygen atoms in total. The maximum absolute atomic E-state index is 11.8. The molecular formula is C40H64O7. The van der Waals surface area contributed by atoms with Crippen LogP contribution in [-0.2, 0) is 18.9 Å². The van der Waals surface area contributed by atoms with Crippen molar-refractivity contribution in [1.29, 1.82) is 0 Å². The molecule has 4 saturated heterocycles. The Morgan fingerprint density at radius 1 is 0.894 bits per heavy atom. The first-order valence-corrected chi connectivity index (χ1v) is 18.6. The van der Waals surface area contributed by atoms with Crippen molar-refractivity contribution in [3.05, 3.63) is 48.1 Å². The number of rotatable bonds is 9. The minimum Gasteiger partial charge on any atom is -0.392 e. The van der Waals surface area contributed by atoms with Crippen LogP contribution in [-0.4, -0.2) is 81.5 Å². The monoisotopic (exact) mass is 656 g/mol. The molecule has 4 heterocycles. The highest BCUT2D eigenvalue weighted by molar-refractivity contribution is 5.26. The van der Waals surface area contributed by atoms with Crippen molar-refractivity contribution >= 4 is 0 Å². The summed E-state index contributed by atoms with van der Waals surface area (Å²) in [6.07, 6.45) is 18.7. The SMILES string of the molecule is C=C/C=C\CCC1OC2CCC3(C)OC4C(O)CC5(C)OC(CC/C=C(C)/C(C)=C/CO)C(C)CC5CC4CC3OC2CCC1(C)O. The van der Waals surface area contributed by atoms with Crippen LogP contribution in [0.15, 0.2) is 48.1 Å². The summed E-state index contributed by atoms with van der Waals surface area (Å²) >= 11 is 0. The number of hydrogen-bond acceptors (Lipinski definition) is 7. The molecular weight excluding hydrogens is 592 g/mol. The largest absolute Gasteiger partial charge is 0.392 e. The molecule has 0 radical (unpaired) electrons. The van der Waals surface area contributed by atoms with Crippen molar-refractivity contribution in [1.82, 2.24) is 0 Å². The Kier molecular flexibility index (Phi) is 12.0. The van der Waals surface area contributed by atoms with Crippen LogP contribution in [0.1, 0.15) is 119 Å². The van der Waals surface area contributed by atoms with Crippen molar-refractivity contribution in [3.8, 4) is 0 Å². The van der Waals surface area contributed by atoms with Crippen molar-refractivity contribution in [2.75, 3.05) is 6.61 Å². The first kappa shape index (κ1) is 36.9. The van der Waals surface area contributed by atoms with Crippen LogP contribution in [0.25, 0.3) is 0 Å². The second kappa shape index (κ2) is 15.3. The van der Waals surface area contributed by atoms with E-state index in [9.17, 15) is 15.3 Å². The van der Waals surface area contributed by atoms with E-state index in [1.165, 1.54) is 5.57 Å². The fraction of sp³-hybridized carbons (Fsp3) is 0.800. The molecule has 1 saturated carbocycles. The Bertz CT molecular complexity index is 1160. The lowest BCUT2D eigenvalue weighted by atomic mass is 9.71. The van der Waals surface area contributed by atoms with Crippen molar-refractivity contribution in [2.24, 2.45) is 17.8 Å². The number of fused-ring (bicyclic) bond motifs is 4. The van der Waals surface area contributed by atoms with Gasteiger partial charge in [-0.2, -0.15) is 0 Å². The van der Waals surface area contributed by atoms with Crippen molar-refractivity contribution in [2.45, 2.75) is 178 Å². The summed E-state index contributed by atoms with van der Waals surface area (Å²) in [4.78, 5) is 0. The van der Waals surface area contributed by atoms with E-state index in [0.29, 0.717) is 24.7 Å². The van der Waals surface area contributed by atoms with Crippen LogP contribution in [0.4, 0.5) is 0 Å². The smallest absolute Gasteiger partial charge is 0.0921 e. The minimum absolute atomic E-state index is 0.0633. The average Bonchev–Trinajstić information content (AvgIpc) is 3.27. The van der Waals surface area contributed by atoms with Gasteiger partial charge in [-0.15, -0.1) is 0 Å². The summed E-state index contributed by atoms with van der Waals surface area (Å²) in [7, 11) is 0. The maximum atomic E-state index is 11.8. The van der Waals surface area contributed by atoms with Crippen LogP contribution in [0.5, 0.6) is 0 Å². The Hall–Kier alpha value is -1.32. The second-order valence-corrected chi connectivity index (χ2v) is 16.3. The van der Waals surface area contributed by atoms with Gasteiger partial charge in [0.15, 0.2) is 0 Å². The lowest BCUT2D eigenvalue weighted by Crippen LogP contribution is -2.56. The number of aliphatic hydroxyl groups excluding tert-OH is 2. The Balaban J connectivity index is 1.26. The molecule has 1 aliphatic carbocycles. The van der Waals surface area contributed by atoms with Gasteiger partial charge in [-0.1, -0.05) is 55.0 Å². The van der Waals surface area contributed by atoms with Gasteiger partial charge in [0, 0.05) is 6.42 Å². The van der Waals surface area contributed by atoms with Crippen LogP contribution < -0.4 is 0 Å². The Morgan fingerprint density at radius 2 is 1.62 bits per heavy atom. The van der Waals surface area contributed by atoms with Gasteiger partial charge < -0.3 is 34.3 Å².